The van der Waals surface area contributed by atoms with E-state index in [1.54, 1.807) is 0 Å². The molecule has 7 atom stereocenters. The summed E-state index contributed by atoms with van der Waals surface area (Å²) in [5, 5.41) is 70.9. The van der Waals surface area contributed by atoms with Crippen molar-refractivity contribution in [3.63, 3.8) is 0 Å². The van der Waals surface area contributed by atoms with E-state index in [0.29, 0.717) is 0 Å². The number of carboxylic acid groups (broad SMARTS) is 1. The number of methoxy groups -OCH3 is 1. The number of aliphatic carboxylic acids is 1. The maximum atomic E-state index is 12.3. The van der Waals surface area contributed by atoms with E-state index in [0.717, 1.165) is 0 Å². The molecule has 2 rings (SSSR count). The minimum Gasteiger partial charge on any atom is -0.491 e. The van der Waals surface area contributed by atoms with Gasteiger partial charge in [-0.05, 0) is 6.42 Å². The highest BCUT2D eigenvalue weighted by atomic mass is 16.7. The van der Waals surface area contributed by atoms with Crippen molar-refractivity contribution in [2.75, 3.05) is 26.9 Å². The average Bonchev–Trinajstić information content (AvgIpc) is 2.74. The second kappa shape index (κ2) is 11.3. The lowest BCUT2D eigenvalue weighted by molar-refractivity contribution is -0.302. The van der Waals surface area contributed by atoms with Gasteiger partial charge in [-0.2, -0.15) is 0 Å². The largest absolute Gasteiger partial charge is 0.491 e. The number of Topliss-reactive ketones (excluding diaryl/α,β-unsaturated/α-hetero) is 1. The Morgan fingerprint density at radius 1 is 1.22 bits per heavy atom. The Kier molecular flexibility index (Phi) is 9.36. The zero-order valence-corrected chi connectivity index (χ0v) is 17.6. The Morgan fingerprint density at radius 2 is 1.91 bits per heavy atom. The first-order valence-corrected chi connectivity index (χ1v) is 10.1. The van der Waals surface area contributed by atoms with Crippen LogP contribution < -0.4 is 5.32 Å². The van der Waals surface area contributed by atoms with Gasteiger partial charge in [-0.25, -0.2) is 0 Å². The predicted molar refractivity (Wildman–Crippen MR) is 104 cm³/mol. The molecule has 1 aliphatic carbocycles. The van der Waals surface area contributed by atoms with Gasteiger partial charge in [-0.1, -0.05) is 0 Å². The van der Waals surface area contributed by atoms with E-state index < -0.39 is 67.3 Å². The van der Waals surface area contributed by atoms with Crippen molar-refractivity contribution in [3.05, 3.63) is 11.5 Å². The summed E-state index contributed by atoms with van der Waals surface area (Å²) in [7, 11) is 1.26. The third-order valence-electron chi connectivity index (χ3n) is 5.42. The number of carbonyl (C=O) groups is 2. The van der Waals surface area contributed by atoms with Crippen LogP contribution in [0.2, 0.25) is 0 Å². The second-order valence-corrected chi connectivity index (χ2v) is 7.98. The number of ketones is 1. The lowest BCUT2D eigenvalue weighted by Gasteiger charge is -2.40. The Hall–Kier alpha value is -1.84. The highest BCUT2D eigenvalue weighted by Crippen LogP contribution is 2.30. The van der Waals surface area contributed by atoms with Crippen molar-refractivity contribution in [3.8, 4) is 0 Å². The number of hydrogen-bond acceptors (Lipinski definition) is 12. The fourth-order valence-corrected chi connectivity index (χ4v) is 3.64. The number of rotatable bonds is 11. The van der Waals surface area contributed by atoms with Crippen molar-refractivity contribution in [1.29, 1.82) is 0 Å². The summed E-state index contributed by atoms with van der Waals surface area (Å²) in [6.45, 7) is -1.60. The van der Waals surface area contributed by atoms with Crippen molar-refractivity contribution in [1.82, 2.24) is 5.32 Å². The summed E-state index contributed by atoms with van der Waals surface area (Å²) in [5.74, 6) is -1.72. The molecule has 1 aliphatic heterocycles. The first kappa shape index (κ1) is 26.4. The number of hydrogen-bond donors (Lipinski definition) is 8. The van der Waals surface area contributed by atoms with Gasteiger partial charge in [0.15, 0.2) is 12.0 Å². The van der Waals surface area contributed by atoms with Crippen molar-refractivity contribution in [2.24, 2.45) is 0 Å². The molecule has 0 saturated carbocycles. The van der Waals surface area contributed by atoms with E-state index in [9.17, 15) is 40.2 Å². The summed E-state index contributed by atoms with van der Waals surface area (Å²) < 4.78 is 15.9. The van der Waals surface area contributed by atoms with E-state index in [4.69, 9.17) is 19.3 Å². The smallest absolute Gasteiger partial charge is 0.303 e. The first-order valence-electron chi connectivity index (χ1n) is 10.1. The molecular formula is C19H31NO12. The van der Waals surface area contributed by atoms with Gasteiger partial charge < -0.3 is 55.3 Å². The highest BCUT2D eigenvalue weighted by molar-refractivity contribution is 5.95. The molecule has 0 amide bonds. The number of aliphatic hydroxyl groups excluding tert-OH is 5. The molecule has 0 bridgehead atoms. The van der Waals surface area contributed by atoms with Gasteiger partial charge in [-0.15, -0.1) is 0 Å². The fraction of sp³-hybridized carbons (Fsp3) is 0.789. The lowest BCUT2D eigenvalue weighted by atomic mass is 9.86. The monoisotopic (exact) mass is 465 g/mol. The van der Waals surface area contributed by atoms with Gasteiger partial charge in [-0.3, -0.25) is 9.59 Å². The summed E-state index contributed by atoms with van der Waals surface area (Å²) >= 11 is 0. The molecule has 32 heavy (non-hydrogen) atoms. The third-order valence-corrected chi connectivity index (χ3v) is 5.42. The van der Waals surface area contributed by atoms with E-state index >= 15 is 0 Å². The quantitative estimate of drug-likeness (QED) is 0.149. The van der Waals surface area contributed by atoms with Crippen LogP contribution in [0.4, 0.5) is 0 Å². The number of allylic oxidation sites excluding steroid dienone is 1. The van der Waals surface area contributed by atoms with Gasteiger partial charge in [0.05, 0.1) is 38.7 Å². The minimum absolute atomic E-state index is 0.000998. The van der Waals surface area contributed by atoms with Gasteiger partial charge >= 0.3 is 5.97 Å². The van der Waals surface area contributed by atoms with Crippen LogP contribution in [0, 0.1) is 0 Å². The van der Waals surface area contributed by atoms with Crippen LogP contribution in [0.25, 0.3) is 0 Å². The molecule has 1 fully saturated rings. The molecule has 1 heterocycles. The zero-order chi connectivity index (χ0) is 24.1. The molecule has 0 aromatic heterocycles. The molecule has 2 aliphatic rings. The predicted octanol–water partition coefficient (Wildman–Crippen LogP) is -3.43. The van der Waals surface area contributed by atoms with E-state index in [1.807, 2.05) is 0 Å². The molecule has 0 aromatic carbocycles. The van der Waals surface area contributed by atoms with Crippen LogP contribution in [0.3, 0.4) is 0 Å². The molecule has 0 radical (unpaired) electrons. The number of carboxylic acids is 1. The Morgan fingerprint density at radius 3 is 2.47 bits per heavy atom. The molecule has 13 heteroatoms. The number of ether oxygens (including phenoxy) is 3. The zero-order valence-electron chi connectivity index (χ0n) is 17.6. The maximum Gasteiger partial charge on any atom is 0.303 e. The van der Waals surface area contributed by atoms with Crippen molar-refractivity contribution in [2.45, 2.75) is 68.0 Å². The van der Waals surface area contributed by atoms with E-state index in [1.165, 1.54) is 7.11 Å². The fourth-order valence-electron chi connectivity index (χ4n) is 3.64. The Bertz CT molecular complexity index is 698. The third kappa shape index (κ3) is 6.36. The number of nitrogens with one attached hydrogen (secondary N) is 1. The standard InChI is InChI=1S/C19H31NO12/c1-30-17-10(4-19(29,8-22)5-11(17)23)20-9(2-3-13(24)25)7-31-18-16(28)15(27)14(26)12(6-21)32-18/h9,12,14-16,18,20-22,26-29H,2-8H2,1H3,(H,24,25)/t9?,12-,14-,15+,16-,18-,19?/m1/s1. The molecule has 0 spiro atoms. The summed E-state index contributed by atoms with van der Waals surface area (Å²) in [4.78, 5) is 23.3. The van der Waals surface area contributed by atoms with E-state index in [2.05, 4.69) is 5.32 Å². The van der Waals surface area contributed by atoms with Gasteiger partial charge in [0, 0.05) is 19.3 Å². The SMILES string of the molecule is COC1=C(NC(CCC(=O)O)CO[C@@H]2O[C@H](CO)[C@@H](O)[C@H](O)[C@H]2O)CC(O)(CO)CC1=O. The molecule has 13 nitrogen and oxygen atoms in total. The topological polar surface area (TPSA) is 215 Å². The van der Waals surface area contributed by atoms with Gasteiger partial charge in [0.1, 0.15) is 30.0 Å². The van der Waals surface area contributed by atoms with Crippen molar-refractivity contribution >= 4 is 11.8 Å². The minimum atomic E-state index is -1.71. The molecule has 1 saturated heterocycles. The van der Waals surface area contributed by atoms with Crippen LogP contribution in [-0.4, -0.2) is 117 Å². The average molecular weight is 465 g/mol. The molecule has 8 N–H and O–H groups in total. The van der Waals surface area contributed by atoms with Crippen LogP contribution in [-0.2, 0) is 23.8 Å². The summed E-state index contributed by atoms with van der Waals surface area (Å²) in [6.07, 6.45) is -8.26. The van der Waals surface area contributed by atoms with Gasteiger partial charge in [0.2, 0.25) is 5.78 Å². The van der Waals surface area contributed by atoms with Crippen LogP contribution in [0.5, 0.6) is 0 Å². The molecule has 184 valence electrons. The van der Waals surface area contributed by atoms with Crippen LogP contribution >= 0.6 is 0 Å². The number of carbonyl (C=O) groups excluding carboxylic acids is 1. The molecule has 0 aromatic rings. The van der Waals surface area contributed by atoms with Crippen LogP contribution in [0.15, 0.2) is 11.5 Å². The number of aliphatic hydroxyl groups is 6. The summed E-state index contributed by atoms with van der Waals surface area (Å²) in [5.41, 5.74) is -1.57. The molecular weight excluding hydrogens is 434 g/mol. The Balaban J connectivity index is 2.15. The maximum absolute atomic E-state index is 12.3. The summed E-state index contributed by atoms with van der Waals surface area (Å²) in [6, 6.07) is -0.771. The lowest BCUT2D eigenvalue weighted by Crippen LogP contribution is -2.59. The second-order valence-electron chi connectivity index (χ2n) is 7.98. The van der Waals surface area contributed by atoms with Crippen LogP contribution in [0.1, 0.15) is 25.7 Å². The van der Waals surface area contributed by atoms with E-state index in [-0.39, 0.29) is 43.7 Å². The van der Waals surface area contributed by atoms with Crippen molar-refractivity contribution < 1.29 is 59.5 Å². The first-order chi connectivity index (χ1) is 15.0. The highest BCUT2D eigenvalue weighted by Gasteiger charge is 2.44. The molecule has 2 unspecified atom stereocenters. The van der Waals surface area contributed by atoms with Gasteiger partial charge in [0.25, 0.3) is 0 Å². The Labute approximate surface area is 183 Å². The normalized spacial score (nSPS) is 34.3.